The van der Waals surface area contributed by atoms with Crippen molar-refractivity contribution >= 4 is 76.5 Å². The Hall–Kier alpha value is -3.30. The minimum atomic E-state index is -0.471. The average Bonchev–Trinajstić information content (AvgIpc) is 2.90. The van der Waals surface area contributed by atoms with Crippen molar-refractivity contribution in [1.82, 2.24) is 20.6 Å². The fraction of sp³-hybridized carbons (Fsp3) is 0.185. The van der Waals surface area contributed by atoms with E-state index in [0.29, 0.717) is 28.6 Å². The number of carbonyl (C=O) groups excluding carboxylic acids is 2. The van der Waals surface area contributed by atoms with Crippen molar-refractivity contribution in [1.29, 1.82) is 0 Å². The third-order valence-corrected chi connectivity index (χ3v) is 6.49. The number of carbonyl (C=O) groups is 2. The Balaban J connectivity index is 0.00000267. The number of urea groups is 1. The number of fused-ring (bicyclic) bond motifs is 1. The van der Waals surface area contributed by atoms with Gasteiger partial charge in [-0.05, 0) is 42.8 Å². The summed E-state index contributed by atoms with van der Waals surface area (Å²) in [4.78, 5) is 34.8. The molecule has 0 aliphatic heterocycles. The lowest BCUT2D eigenvalue weighted by Gasteiger charge is -2.21. The van der Waals surface area contributed by atoms with E-state index < -0.39 is 6.03 Å². The lowest BCUT2D eigenvalue weighted by Crippen LogP contribution is -2.42. The fourth-order valence-electron chi connectivity index (χ4n) is 3.62. The smallest absolute Gasteiger partial charge is 0.315 e. The van der Waals surface area contributed by atoms with Gasteiger partial charge < -0.3 is 20.3 Å². The van der Waals surface area contributed by atoms with Crippen molar-refractivity contribution in [2.75, 3.05) is 18.5 Å². The molecule has 0 radical (unpaired) electrons. The van der Waals surface area contributed by atoms with Crippen LogP contribution in [-0.2, 0) is 17.9 Å². The van der Waals surface area contributed by atoms with Crippen LogP contribution in [0.5, 0.6) is 5.75 Å². The third-order valence-electron chi connectivity index (χ3n) is 5.72. The number of para-hydroxylation sites is 1. The van der Waals surface area contributed by atoms with Gasteiger partial charge in [0.1, 0.15) is 12.4 Å². The molecule has 2 aromatic carbocycles. The lowest BCUT2D eigenvalue weighted by molar-refractivity contribution is -0.117. The average molecular weight is 611 g/mol. The maximum absolute atomic E-state index is 12.8. The maximum Gasteiger partial charge on any atom is 0.315 e. The van der Waals surface area contributed by atoms with Crippen molar-refractivity contribution in [2.45, 2.75) is 20.1 Å². The first-order chi connectivity index (χ1) is 17.8. The second-order valence-electron chi connectivity index (χ2n) is 8.26. The predicted molar refractivity (Wildman–Crippen MR) is 160 cm³/mol. The van der Waals surface area contributed by atoms with Gasteiger partial charge in [-0.3, -0.25) is 9.78 Å². The number of hydrogen-bond donors (Lipinski definition) is 2. The molecule has 2 heterocycles. The summed E-state index contributed by atoms with van der Waals surface area (Å²) >= 11 is 13.1. The van der Waals surface area contributed by atoms with Crippen molar-refractivity contribution in [3.63, 3.8) is 0 Å². The summed E-state index contributed by atoms with van der Waals surface area (Å²) in [5, 5.41) is 6.89. The monoisotopic (exact) mass is 609 g/mol. The molecule has 0 unspecified atom stereocenters. The van der Waals surface area contributed by atoms with Crippen LogP contribution in [0.1, 0.15) is 16.8 Å². The summed E-state index contributed by atoms with van der Waals surface area (Å²) in [7, 11) is 1.58. The van der Waals surface area contributed by atoms with Crippen molar-refractivity contribution in [3.8, 4) is 5.75 Å². The standard InChI is InChI=1S/C27H25Cl2N5O3.2ClH/c1-17-24(12-19-7-3-4-8-22(19)33-17)37-16-20-21(28)9-10-23(26(20)29)34(2)25(35)15-32-27(36)31-14-18-6-5-11-30-13-18;;/h3-13H,14-16H2,1-2H3,(H2,31,32,36);2*1H. The molecule has 0 fully saturated rings. The Morgan fingerprint density at radius 3 is 2.54 bits per heavy atom. The second-order valence-corrected chi connectivity index (χ2v) is 9.05. The number of amides is 3. The van der Waals surface area contributed by atoms with Gasteiger partial charge in [0, 0.05) is 42.0 Å². The van der Waals surface area contributed by atoms with Crippen molar-refractivity contribution in [2.24, 2.45) is 0 Å². The number of aromatic nitrogens is 2. The summed E-state index contributed by atoms with van der Waals surface area (Å²) in [6.45, 7) is 2.03. The highest BCUT2D eigenvalue weighted by atomic mass is 35.5. The molecular formula is C27H27Cl4N5O3. The molecule has 3 amide bonds. The Labute approximate surface area is 248 Å². The molecule has 12 heteroatoms. The van der Waals surface area contributed by atoms with Crippen LogP contribution in [0.2, 0.25) is 10.0 Å². The number of nitrogens with zero attached hydrogens (tertiary/aromatic N) is 3. The molecule has 4 aromatic rings. The van der Waals surface area contributed by atoms with Crippen LogP contribution in [0.15, 0.2) is 67.0 Å². The van der Waals surface area contributed by atoms with E-state index >= 15 is 0 Å². The molecule has 0 saturated heterocycles. The van der Waals surface area contributed by atoms with E-state index in [1.807, 2.05) is 43.3 Å². The van der Waals surface area contributed by atoms with Gasteiger partial charge in [0.25, 0.3) is 0 Å². The Morgan fingerprint density at radius 1 is 1.03 bits per heavy atom. The van der Waals surface area contributed by atoms with E-state index in [1.165, 1.54) is 4.90 Å². The van der Waals surface area contributed by atoms with Crippen LogP contribution >= 0.6 is 48.0 Å². The van der Waals surface area contributed by atoms with Crippen LogP contribution in [0.3, 0.4) is 0 Å². The number of nitrogens with one attached hydrogen (secondary N) is 2. The van der Waals surface area contributed by atoms with Crippen LogP contribution < -0.4 is 20.3 Å². The van der Waals surface area contributed by atoms with E-state index in [-0.39, 0.29) is 48.9 Å². The molecule has 0 aliphatic carbocycles. The van der Waals surface area contributed by atoms with E-state index in [4.69, 9.17) is 27.9 Å². The molecular weight excluding hydrogens is 584 g/mol. The van der Waals surface area contributed by atoms with Gasteiger partial charge in [0.2, 0.25) is 5.91 Å². The molecule has 4 rings (SSSR count). The molecule has 8 nitrogen and oxygen atoms in total. The van der Waals surface area contributed by atoms with Crippen LogP contribution in [0.4, 0.5) is 10.5 Å². The number of benzene rings is 2. The molecule has 206 valence electrons. The highest BCUT2D eigenvalue weighted by molar-refractivity contribution is 6.38. The highest BCUT2D eigenvalue weighted by Crippen LogP contribution is 2.35. The largest absolute Gasteiger partial charge is 0.487 e. The molecule has 0 aliphatic rings. The van der Waals surface area contributed by atoms with Crippen LogP contribution in [-0.4, -0.2) is 35.5 Å². The van der Waals surface area contributed by atoms with Gasteiger partial charge in [-0.1, -0.05) is 47.5 Å². The zero-order valence-electron chi connectivity index (χ0n) is 21.1. The number of rotatable bonds is 8. The van der Waals surface area contributed by atoms with Gasteiger partial charge in [-0.2, -0.15) is 0 Å². The number of anilines is 1. The summed E-state index contributed by atoms with van der Waals surface area (Å²) in [5.41, 5.74) is 3.45. The first-order valence-electron chi connectivity index (χ1n) is 11.5. The van der Waals surface area contributed by atoms with E-state index in [1.54, 1.807) is 37.6 Å². The summed E-state index contributed by atoms with van der Waals surface area (Å²) in [6, 6.07) is 16.1. The maximum atomic E-state index is 12.8. The molecule has 2 N–H and O–H groups in total. The third kappa shape index (κ3) is 8.10. The zero-order valence-corrected chi connectivity index (χ0v) is 24.3. The van der Waals surface area contributed by atoms with Crippen molar-refractivity contribution < 1.29 is 14.3 Å². The number of ether oxygens (including phenoxy) is 1. The van der Waals surface area contributed by atoms with Gasteiger partial charge >= 0.3 is 6.03 Å². The number of halogens is 4. The molecule has 2 aromatic heterocycles. The van der Waals surface area contributed by atoms with E-state index in [2.05, 4.69) is 20.6 Å². The zero-order chi connectivity index (χ0) is 26.4. The fourth-order valence-corrected chi connectivity index (χ4v) is 4.23. The van der Waals surface area contributed by atoms with Crippen molar-refractivity contribution in [3.05, 3.63) is 93.9 Å². The number of aryl methyl sites for hydroxylation is 1. The second kappa shape index (κ2) is 14.7. The van der Waals surface area contributed by atoms with Crippen LogP contribution in [0.25, 0.3) is 10.9 Å². The van der Waals surface area contributed by atoms with Crippen LogP contribution in [0, 0.1) is 6.92 Å². The minimum absolute atomic E-state index is 0. The highest BCUT2D eigenvalue weighted by Gasteiger charge is 2.19. The minimum Gasteiger partial charge on any atom is -0.487 e. The molecule has 0 saturated carbocycles. The van der Waals surface area contributed by atoms with Gasteiger partial charge in [-0.15, -0.1) is 24.8 Å². The van der Waals surface area contributed by atoms with Gasteiger partial charge in [0.05, 0.1) is 28.5 Å². The molecule has 0 bridgehead atoms. The van der Waals surface area contributed by atoms with Gasteiger partial charge in [0.15, 0.2) is 0 Å². The Kier molecular flexibility index (Phi) is 12.1. The SMILES string of the molecule is Cc1nc2ccccc2cc1OCc1c(Cl)ccc(N(C)C(=O)CNC(=O)NCc2cccnc2)c1Cl.Cl.Cl. The normalized spacial score (nSPS) is 10.2. The number of likely N-dealkylation sites (N-methyl/N-ethyl adjacent to an activating group) is 1. The van der Waals surface area contributed by atoms with E-state index in [0.717, 1.165) is 22.2 Å². The first-order valence-corrected chi connectivity index (χ1v) is 12.2. The van der Waals surface area contributed by atoms with Gasteiger partial charge in [-0.25, -0.2) is 9.78 Å². The quantitative estimate of drug-likeness (QED) is 0.250. The number of hydrogen-bond acceptors (Lipinski definition) is 5. The lowest BCUT2D eigenvalue weighted by atomic mass is 10.1. The number of pyridine rings is 2. The summed E-state index contributed by atoms with van der Waals surface area (Å²) in [6.07, 6.45) is 3.31. The Bertz CT molecular complexity index is 1440. The molecule has 0 spiro atoms. The first kappa shape index (κ1) is 31.9. The summed E-state index contributed by atoms with van der Waals surface area (Å²) in [5.74, 6) is 0.254. The Morgan fingerprint density at radius 2 is 1.79 bits per heavy atom. The predicted octanol–water partition coefficient (Wildman–Crippen LogP) is 6.13. The molecule has 39 heavy (non-hydrogen) atoms. The topological polar surface area (TPSA) is 96.5 Å². The molecule has 0 atom stereocenters. The summed E-state index contributed by atoms with van der Waals surface area (Å²) < 4.78 is 6.03. The van der Waals surface area contributed by atoms with E-state index in [9.17, 15) is 9.59 Å².